The van der Waals surface area contributed by atoms with Gasteiger partial charge in [-0.15, -0.1) is 0 Å². The summed E-state index contributed by atoms with van der Waals surface area (Å²) >= 11 is 0. The zero-order valence-electron chi connectivity index (χ0n) is 15.2. The third-order valence-corrected chi connectivity index (χ3v) is 4.85. The van der Waals surface area contributed by atoms with E-state index in [2.05, 4.69) is 17.0 Å². The van der Waals surface area contributed by atoms with Crippen LogP contribution in [0.1, 0.15) is 18.9 Å². The Labute approximate surface area is 157 Å². The number of rotatable bonds is 5. The number of benzene rings is 2. The van der Waals surface area contributed by atoms with Gasteiger partial charge in [0, 0.05) is 38.3 Å². The van der Waals surface area contributed by atoms with Gasteiger partial charge in [0.15, 0.2) is 0 Å². The molecule has 1 heterocycles. The number of nitrogens with zero attached hydrogens (tertiary/aromatic N) is 4. The van der Waals surface area contributed by atoms with E-state index in [1.807, 2.05) is 30.0 Å². The van der Waals surface area contributed by atoms with Crippen LogP contribution in [-0.2, 0) is 6.54 Å². The fourth-order valence-corrected chi connectivity index (χ4v) is 3.61. The van der Waals surface area contributed by atoms with E-state index in [1.54, 1.807) is 0 Å². The zero-order chi connectivity index (χ0) is 19.4. The molecule has 2 aromatic rings. The molecule has 0 aromatic heterocycles. The molecular formula is C19H22N4O4. The summed E-state index contributed by atoms with van der Waals surface area (Å²) in [6.07, 6.45) is 0.866. The van der Waals surface area contributed by atoms with Crippen molar-refractivity contribution in [2.75, 3.05) is 24.5 Å². The minimum Gasteiger partial charge on any atom is -0.362 e. The normalized spacial score (nSPS) is 18.1. The Morgan fingerprint density at radius 2 is 1.78 bits per heavy atom. The Hall–Kier alpha value is -3.00. The first-order chi connectivity index (χ1) is 13.0. The lowest BCUT2D eigenvalue weighted by Crippen LogP contribution is -2.39. The number of nitro groups is 2. The number of hydrogen-bond donors (Lipinski definition) is 0. The monoisotopic (exact) mass is 370 g/mol. The van der Waals surface area contributed by atoms with Gasteiger partial charge in [-0.1, -0.05) is 30.3 Å². The van der Waals surface area contributed by atoms with E-state index >= 15 is 0 Å². The SMILES string of the molecule is CC1CN(Cc2ccccc2)CCCN1c1ccc([N+](=O)[O-])cc1[N+](=O)[O-]. The summed E-state index contributed by atoms with van der Waals surface area (Å²) in [7, 11) is 0. The average Bonchev–Trinajstić information content (AvgIpc) is 2.83. The molecule has 1 aliphatic heterocycles. The second kappa shape index (κ2) is 8.13. The van der Waals surface area contributed by atoms with Crippen LogP contribution >= 0.6 is 0 Å². The van der Waals surface area contributed by atoms with E-state index in [1.165, 1.54) is 17.7 Å². The molecule has 1 fully saturated rings. The molecule has 8 heteroatoms. The molecule has 0 saturated carbocycles. The highest BCUT2D eigenvalue weighted by Crippen LogP contribution is 2.34. The van der Waals surface area contributed by atoms with Gasteiger partial charge < -0.3 is 4.90 Å². The molecule has 3 rings (SSSR count). The maximum atomic E-state index is 11.5. The first kappa shape index (κ1) is 18.8. The number of non-ortho nitro benzene ring substituents is 1. The van der Waals surface area contributed by atoms with Gasteiger partial charge in [0.2, 0.25) is 0 Å². The van der Waals surface area contributed by atoms with E-state index in [9.17, 15) is 20.2 Å². The second-order valence-corrected chi connectivity index (χ2v) is 6.80. The molecule has 0 aliphatic carbocycles. The van der Waals surface area contributed by atoms with Crippen molar-refractivity contribution in [1.82, 2.24) is 4.90 Å². The highest BCUT2D eigenvalue weighted by molar-refractivity contribution is 5.67. The minimum atomic E-state index is -0.607. The average molecular weight is 370 g/mol. The molecule has 27 heavy (non-hydrogen) atoms. The number of anilines is 1. The second-order valence-electron chi connectivity index (χ2n) is 6.80. The van der Waals surface area contributed by atoms with Crippen LogP contribution in [0.5, 0.6) is 0 Å². The van der Waals surface area contributed by atoms with E-state index < -0.39 is 9.85 Å². The first-order valence-electron chi connectivity index (χ1n) is 8.91. The predicted octanol–water partition coefficient (Wildman–Crippen LogP) is 3.60. The third kappa shape index (κ3) is 4.40. The number of nitro benzene ring substituents is 2. The Kier molecular flexibility index (Phi) is 5.66. The first-order valence-corrected chi connectivity index (χ1v) is 8.91. The molecular weight excluding hydrogens is 348 g/mol. The smallest absolute Gasteiger partial charge is 0.299 e. The van der Waals surface area contributed by atoms with Crippen LogP contribution in [0.15, 0.2) is 48.5 Å². The Morgan fingerprint density at radius 1 is 1.04 bits per heavy atom. The molecule has 1 atom stereocenters. The molecule has 142 valence electrons. The van der Waals surface area contributed by atoms with Crippen molar-refractivity contribution in [1.29, 1.82) is 0 Å². The minimum absolute atomic E-state index is 0.0522. The van der Waals surface area contributed by atoms with E-state index in [-0.39, 0.29) is 17.4 Å². The van der Waals surface area contributed by atoms with Crippen LogP contribution in [0.2, 0.25) is 0 Å². The van der Waals surface area contributed by atoms with E-state index in [4.69, 9.17) is 0 Å². The lowest BCUT2D eigenvalue weighted by Gasteiger charge is -2.30. The van der Waals surface area contributed by atoms with Gasteiger partial charge in [0.05, 0.1) is 15.9 Å². The maximum Gasteiger partial charge on any atom is 0.299 e. The predicted molar refractivity (Wildman–Crippen MR) is 103 cm³/mol. The summed E-state index contributed by atoms with van der Waals surface area (Å²) in [5, 5.41) is 22.4. The van der Waals surface area contributed by atoms with Gasteiger partial charge >= 0.3 is 0 Å². The van der Waals surface area contributed by atoms with Crippen molar-refractivity contribution in [2.45, 2.75) is 25.9 Å². The fourth-order valence-electron chi connectivity index (χ4n) is 3.61. The lowest BCUT2D eigenvalue weighted by molar-refractivity contribution is -0.393. The van der Waals surface area contributed by atoms with Gasteiger partial charge in [0.25, 0.3) is 11.4 Å². The summed E-state index contributed by atoms with van der Waals surface area (Å²) in [4.78, 5) is 25.6. The van der Waals surface area contributed by atoms with Crippen molar-refractivity contribution in [2.24, 2.45) is 0 Å². The molecule has 0 spiro atoms. The summed E-state index contributed by atoms with van der Waals surface area (Å²) < 4.78 is 0. The molecule has 1 saturated heterocycles. The van der Waals surface area contributed by atoms with Crippen LogP contribution in [0.3, 0.4) is 0 Å². The Bertz CT molecular complexity index is 828. The third-order valence-electron chi connectivity index (χ3n) is 4.85. The fraction of sp³-hybridized carbons (Fsp3) is 0.368. The summed E-state index contributed by atoms with van der Waals surface area (Å²) in [6.45, 7) is 5.21. The molecule has 0 amide bonds. The molecule has 8 nitrogen and oxygen atoms in total. The van der Waals surface area contributed by atoms with Crippen molar-refractivity contribution < 1.29 is 9.85 Å². The summed E-state index contributed by atoms with van der Waals surface area (Å²) in [5.74, 6) is 0. The quantitative estimate of drug-likeness (QED) is 0.590. The topological polar surface area (TPSA) is 92.8 Å². The molecule has 0 N–H and O–H groups in total. The number of hydrogen-bond acceptors (Lipinski definition) is 6. The van der Waals surface area contributed by atoms with Gasteiger partial charge in [-0.25, -0.2) is 0 Å². The van der Waals surface area contributed by atoms with Gasteiger partial charge in [-0.2, -0.15) is 0 Å². The molecule has 1 unspecified atom stereocenters. The summed E-state index contributed by atoms with van der Waals surface area (Å²) in [5.41, 5.74) is 1.20. The lowest BCUT2D eigenvalue weighted by atomic mass is 10.1. The summed E-state index contributed by atoms with van der Waals surface area (Å²) in [6, 6.07) is 14.1. The molecule has 1 aliphatic rings. The molecule has 0 bridgehead atoms. The van der Waals surface area contributed by atoms with E-state index in [0.717, 1.165) is 32.1 Å². The van der Waals surface area contributed by atoms with Crippen LogP contribution in [0.25, 0.3) is 0 Å². The van der Waals surface area contributed by atoms with E-state index in [0.29, 0.717) is 12.2 Å². The van der Waals surface area contributed by atoms with Crippen LogP contribution in [0, 0.1) is 20.2 Å². The van der Waals surface area contributed by atoms with Crippen LogP contribution in [0.4, 0.5) is 17.1 Å². The van der Waals surface area contributed by atoms with Crippen molar-refractivity contribution >= 4 is 17.1 Å². The molecule has 2 aromatic carbocycles. The van der Waals surface area contributed by atoms with Gasteiger partial charge in [-0.3, -0.25) is 25.1 Å². The van der Waals surface area contributed by atoms with Gasteiger partial charge in [-0.05, 0) is 25.0 Å². The maximum absolute atomic E-state index is 11.5. The van der Waals surface area contributed by atoms with Crippen LogP contribution in [-0.4, -0.2) is 40.4 Å². The Morgan fingerprint density at radius 3 is 2.44 bits per heavy atom. The van der Waals surface area contributed by atoms with Gasteiger partial charge in [0.1, 0.15) is 5.69 Å². The Balaban J connectivity index is 1.81. The zero-order valence-corrected chi connectivity index (χ0v) is 15.2. The van der Waals surface area contributed by atoms with Crippen molar-refractivity contribution in [3.63, 3.8) is 0 Å². The highest BCUT2D eigenvalue weighted by atomic mass is 16.6. The standard InChI is InChI=1S/C19H22N4O4/c1-15-13-20(14-16-6-3-2-4-7-16)10-5-11-21(15)18-9-8-17(22(24)25)12-19(18)23(26)27/h2-4,6-9,12,15H,5,10-11,13-14H2,1H3. The van der Waals surface area contributed by atoms with Crippen molar-refractivity contribution in [3.05, 3.63) is 74.3 Å². The largest absolute Gasteiger partial charge is 0.362 e. The molecule has 0 radical (unpaired) electrons. The van der Waals surface area contributed by atoms with Crippen LogP contribution < -0.4 is 4.90 Å². The highest BCUT2D eigenvalue weighted by Gasteiger charge is 2.28. The van der Waals surface area contributed by atoms with Crippen molar-refractivity contribution in [3.8, 4) is 0 Å².